The van der Waals surface area contributed by atoms with Gasteiger partial charge in [-0.1, -0.05) is 25.3 Å². The van der Waals surface area contributed by atoms with Crippen molar-refractivity contribution in [3.8, 4) is 5.75 Å². The standard InChI is InChI=1S/C19H21FO2/c1-13(5-10-19(21-4)15(3)20)12-22-17-8-9-18-14(2)6-7-16(18)11-17/h5,8-11H,1-2,6-7,12H2,3-4H3/b10-5-,19-15-. The lowest BCUT2D eigenvalue weighted by molar-refractivity contribution is 0.290. The Labute approximate surface area is 131 Å². The highest BCUT2D eigenvalue weighted by Crippen LogP contribution is 2.33. The lowest BCUT2D eigenvalue weighted by atomic mass is 10.1. The smallest absolute Gasteiger partial charge is 0.149 e. The number of halogens is 1. The van der Waals surface area contributed by atoms with Crippen molar-refractivity contribution in [3.05, 3.63) is 71.8 Å². The third-order valence-electron chi connectivity index (χ3n) is 3.61. The molecule has 3 heteroatoms. The average Bonchev–Trinajstić information content (AvgIpc) is 2.86. The van der Waals surface area contributed by atoms with Crippen LogP contribution in [0.4, 0.5) is 4.39 Å². The lowest BCUT2D eigenvalue weighted by Crippen LogP contribution is -1.99. The van der Waals surface area contributed by atoms with Gasteiger partial charge in [0.1, 0.15) is 23.9 Å². The van der Waals surface area contributed by atoms with Gasteiger partial charge in [0.05, 0.1) is 7.11 Å². The van der Waals surface area contributed by atoms with Crippen molar-refractivity contribution in [2.75, 3.05) is 13.7 Å². The number of aryl methyl sites for hydroxylation is 1. The predicted molar refractivity (Wildman–Crippen MR) is 88.4 cm³/mol. The van der Waals surface area contributed by atoms with E-state index in [0.717, 1.165) is 24.2 Å². The zero-order valence-corrected chi connectivity index (χ0v) is 13.1. The van der Waals surface area contributed by atoms with Crippen LogP contribution in [0.1, 0.15) is 24.5 Å². The lowest BCUT2D eigenvalue weighted by Gasteiger charge is -2.08. The highest BCUT2D eigenvalue weighted by Gasteiger charge is 2.14. The first-order valence-corrected chi connectivity index (χ1v) is 7.21. The van der Waals surface area contributed by atoms with Crippen LogP contribution in [-0.2, 0) is 11.2 Å². The molecule has 0 spiro atoms. The quantitative estimate of drug-likeness (QED) is 0.544. The summed E-state index contributed by atoms with van der Waals surface area (Å²) in [6.45, 7) is 9.64. The van der Waals surface area contributed by atoms with Crippen LogP contribution in [0.2, 0.25) is 0 Å². The summed E-state index contributed by atoms with van der Waals surface area (Å²) in [5.41, 5.74) is 4.44. The third-order valence-corrected chi connectivity index (χ3v) is 3.61. The molecule has 116 valence electrons. The SMILES string of the molecule is C=C(/C=C\C(OC)=C(/C)F)COc1ccc2c(c1)CCC2=C. The van der Waals surface area contributed by atoms with E-state index in [0.29, 0.717) is 6.61 Å². The van der Waals surface area contributed by atoms with Gasteiger partial charge >= 0.3 is 0 Å². The number of benzene rings is 1. The Hall–Kier alpha value is -2.29. The molecule has 0 saturated carbocycles. The van der Waals surface area contributed by atoms with E-state index in [1.54, 1.807) is 12.2 Å². The second-order valence-electron chi connectivity index (χ2n) is 5.30. The highest BCUT2D eigenvalue weighted by molar-refractivity contribution is 5.71. The fourth-order valence-corrected chi connectivity index (χ4v) is 2.37. The highest BCUT2D eigenvalue weighted by atomic mass is 19.1. The summed E-state index contributed by atoms with van der Waals surface area (Å²) in [7, 11) is 1.43. The Balaban J connectivity index is 1.93. The van der Waals surface area contributed by atoms with Crippen molar-refractivity contribution in [1.29, 1.82) is 0 Å². The maximum absolute atomic E-state index is 13.1. The van der Waals surface area contributed by atoms with E-state index in [2.05, 4.69) is 25.3 Å². The summed E-state index contributed by atoms with van der Waals surface area (Å²) in [5, 5.41) is 0. The molecule has 1 aliphatic carbocycles. The molecular weight excluding hydrogens is 279 g/mol. The van der Waals surface area contributed by atoms with E-state index in [1.165, 1.54) is 30.7 Å². The van der Waals surface area contributed by atoms with Crippen LogP contribution in [0.5, 0.6) is 5.75 Å². The minimum atomic E-state index is -0.369. The molecule has 1 aromatic carbocycles. The van der Waals surface area contributed by atoms with Crippen LogP contribution in [0.25, 0.3) is 5.57 Å². The predicted octanol–water partition coefficient (Wildman–Crippen LogP) is 4.98. The molecule has 0 atom stereocenters. The van der Waals surface area contributed by atoms with Crippen LogP contribution in [0.15, 0.2) is 60.7 Å². The second-order valence-corrected chi connectivity index (χ2v) is 5.30. The molecule has 0 heterocycles. The number of methoxy groups -OCH3 is 1. The van der Waals surface area contributed by atoms with Crippen LogP contribution < -0.4 is 4.74 Å². The van der Waals surface area contributed by atoms with Crippen LogP contribution in [-0.4, -0.2) is 13.7 Å². The molecule has 1 aliphatic rings. The first kappa shape index (κ1) is 16.1. The van der Waals surface area contributed by atoms with Gasteiger partial charge < -0.3 is 9.47 Å². The number of ether oxygens (including phenoxy) is 2. The zero-order valence-electron chi connectivity index (χ0n) is 13.1. The summed E-state index contributed by atoms with van der Waals surface area (Å²) in [4.78, 5) is 0. The molecule has 2 rings (SSSR count). The topological polar surface area (TPSA) is 18.5 Å². The molecule has 1 aromatic rings. The van der Waals surface area contributed by atoms with E-state index < -0.39 is 0 Å². The van der Waals surface area contributed by atoms with Gasteiger partial charge in [-0.3, -0.25) is 0 Å². The average molecular weight is 300 g/mol. The van der Waals surface area contributed by atoms with Crippen molar-refractivity contribution < 1.29 is 13.9 Å². The molecule has 0 fully saturated rings. The Bertz CT molecular complexity index is 649. The number of rotatable bonds is 6. The first-order chi connectivity index (χ1) is 10.5. The minimum absolute atomic E-state index is 0.192. The summed E-state index contributed by atoms with van der Waals surface area (Å²) >= 11 is 0. The molecule has 0 saturated heterocycles. The van der Waals surface area contributed by atoms with Gasteiger partial charge in [0.15, 0.2) is 0 Å². The Kier molecular flexibility index (Phi) is 5.21. The summed E-state index contributed by atoms with van der Waals surface area (Å²) in [6, 6.07) is 6.05. The molecule has 0 unspecified atom stereocenters. The molecule has 0 radical (unpaired) electrons. The maximum atomic E-state index is 13.1. The van der Waals surface area contributed by atoms with E-state index in [1.807, 2.05) is 6.07 Å². The Morgan fingerprint density at radius 1 is 1.32 bits per heavy atom. The fraction of sp³-hybridized carbons (Fsp3) is 0.263. The van der Waals surface area contributed by atoms with Gasteiger partial charge in [-0.15, -0.1) is 0 Å². The monoisotopic (exact) mass is 300 g/mol. The summed E-state index contributed by atoms with van der Waals surface area (Å²) in [6.07, 6.45) is 5.28. The van der Waals surface area contributed by atoms with E-state index in [9.17, 15) is 4.39 Å². The minimum Gasteiger partial charge on any atom is -0.494 e. The molecule has 2 nitrogen and oxygen atoms in total. The van der Waals surface area contributed by atoms with Gasteiger partial charge in [0.2, 0.25) is 0 Å². The van der Waals surface area contributed by atoms with Gasteiger partial charge in [-0.25, -0.2) is 4.39 Å². The maximum Gasteiger partial charge on any atom is 0.149 e. The van der Waals surface area contributed by atoms with Crippen molar-refractivity contribution in [1.82, 2.24) is 0 Å². The normalized spacial score (nSPS) is 14.8. The van der Waals surface area contributed by atoms with Crippen molar-refractivity contribution in [3.63, 3.8) is 0 Å². The first-order valence-electron chi connectivity index (χ1n) is 7.21. The van der Waals surface area contributed by atoms with Gasteiger partial charge in [-0.05, 0) is 60.2 Å². The molecule has 0 aliphatic heterocycles. The summed E-state index contributed by atoms with van der Waals surface area (Å²) in [5.74, 6) is 0.635. The van der Waals surface area contributed by atoms with Gasteiger partial charge in [0, 0.05) is 0 Å². The van der Waals surface area contributed by atoms with E-state index >= 15 is 0 Å². The number of allylic oxidation sites excluding steroid dienone is 3. The number of fused-ring (bicyclic) bond motifs is 1. The Morgan fingerprint density at radius 2 is 2.09 bits per heavy atom. The van der Waals surface area contributed by atoms with Crippen LogP contribution >= 0.6 is 0 Å². The number of hydrogen-bond acceptors (Lipinski definition) is 2. The van der Waals surface area contributed by atoms with E-state index in [-0.39, 0.29) is 11.6 Å². The zero-order chi connectivity index (χ0) is 16.1. The molecule has 0 amide bonds. The van der Waals surface area contributed by atoms with Gasteiger partial charge in [0.25, 0.3) is 0 Å². The van der Waals surface area contributed by atoms with Crippen molar-refractivity contribution in [2.45, 2.75) is 19.8 Å². The largest absolute Gasteiger partial charge is 0.494 e. The summed E-state index contributed by atoms with van der Waals surface area (Å²) < 4.78 is 23.7. The molecule has 0 N–H and O–H groups in total. The van der Waals surface area contributed by atoms with Gasteiger partial charge in [-0.2, -0.15) is 0 Å². The van der Waals surface area contributed by atoms with E-state index in [4.69, 9.17) is 9.47 Å². The second kappa shape index (κ2) is 7.12. The molecular formula is C19H21FO2. The molecule has 0 bridgehead atoms. The van der Waals surface area contributed by atoms with Crippen LogP contribution in [0.3, 0.4) is 0 Å². The number of hydrogen-bond donors (Lipinski definition) is 0. The molecule has 22 heavy (non-hydrogen) atoms. The van der Waals surface area contributed by atoms with Crippen molar-refractivity contribution in [2.24, 2.45) is 0 Å². The fourth-order valence-electron chi connectivity index (χ4n) is 2.37. The Morgan fingerprint density at radius 3 is 2.77 bits per heavy atom. The third kappa shape index (κ3) is 3.88. The van der Waals surface area contributed by atoms with Crippen LogP contribution in [0, 0.1) is 0 Å². The molecule has 0 aromatic heterocycles. The van der Waals surface area contributed by atoms with Crippen molar-refractivity contribution >= 4 is 5.57 Å².